The van der Waals surface area contributed by atoms with Crippen molar-refractivity contribution < 1.29 is 20.0 Å². The van der Waals surface area contributed by atoms with Crippen molar-refractivity contribution in [2.45, 2.75) is 0 Å². The van der Waals surface area contributed by atoms with Gasteiger partial charge in [0.25, 0.3) is 0 Å². The van der Waals surface area contributed by atoms with Gasteiger partial charge in [0.15, 0.2) is 0 Å². The number of hydrogen-bond donors (Lipinski definition) is 1. The molecule has 1 N–H and O–H groups in total. The van der Waals surface area contributed by atoms with Crippen LogP contribution in [0.1, 0.15) is 0 Å². The SMILES string of the molecule is [O]C(=O)OO. The van der Waals surface area contributed by atoms with E-state index in [0.29, 0.717) is 0 Å². The quantitative estimate of drug-likeness (QED) is 0.327. The number of rotatable bonds is 0. The van der Waals surface area contributed by atoms with Crippen molar-refractivity contribution in [3.05, 3.63) is 0 Å². The van der Waals surface area contributed by atoms with Gasteiger partial charge in [-0.25, -0.2) is 0 Å². The summed E-state index contributed by atoms with van der Waals surface area (Å²) < 4.78 is 0. The maximum absolute atomic E-state index is 8.78. The van der Waals surface area contributed by atoms with E-state index >= 15 is 0 Å². The molecule has 0 aromatic heterocycles. The fourth-order valence-electron chi connectivity index (χ4n) is 0. The van der Waals surface area contributed by atoms with Crippen molar-refractivity contribution in [3.63, 3.8) is 0 Å². The van der Waals surface area contributed by atoms with Crippen LogP contribution in [0.5, 0.6) is 0 Å². The van der Waals surface area contributed by atoms with E-state index < -0.39 is 6.16 Å². The van der Waals surface area contributed by atoms with Gasteiger partial charge in [-0.15, -0.1) is 0 Å². The Morgan fingerprint density at radius 2 is 2.00 bits per heavy atom. The Hall–Kier alpha value is -0.770. The molecule has 0 aromatic rings. The molecular weight excluding hydrogens is 76.0 g/mol. The maximum atomic E-state index is 8.78. The molecule has 0 amide bonds. The predicted octanol–water partition coefficient (Wildman–Crippen LogP) is 0.0265. The molecule has 0 aliphatic carbocycles. The first-order valence-corrected chi connectivity index (χ1v) is 0.795. The van der Waals surface area contributed by atoms with Crippen molar-refractivity contribution in [2.24, 2.45) is 0 Å². The zero-order valence-corrected chi connectivity index (χ0v) is 2.17. The Bertz CT molecular complexity index is 38.9. The summed E-state index contributed by atoms with van der Waals surface area (Å²) in [6, 6.07) is 0. The highest BCUT2D eigenvalue weighted by Crippen LogP contribution is 1.61. The summed E-state index contributed by atoms with van der Waals surface area (Å²) in [5, 5.41) is 15.8. The van der Waals surface area contributed by atoms with Crippen LogP contribution in [0.3, 0.4) is 0 Å². The minimum Gasteiger partial charge on any atom is -0.260 e. The largest absolute Gasteiger partial charge is 0.582 e. The van der Waals surface area contributed by atoms with Gasteiger partial charge in [0.05, 0.1) is 0 Å². The average Bonchev–Trinajstić information content (AvgIpc) is 1.38. The van der Waals surface area contributed by atoms with Crippen molar-refractivity contribution in [2.75, 3.05) is 0 Å². The summed E-state index contributed by atoms with van der Waals surface area (Å²) in [6.07, 6.45) is -1.94. The molecule has 4 nitrogen and oxygen atoms in total. The number of carbonyl (C=O) groups excluding carboxylic acids is 1. The predicted molar refractivity (Wildman–Crippen MR) is 9.80 cm³/mol. The Balaban J connectivity index is 2.85. The van der Waals surface area contributed by atoms with Crippen molar-refractivity contribution in [1.29, 1.82) is 0 Å². The molecule has 0 saturated heterocycles. The zero-order chi connectivity index (χ0) is 4.28. The maximum Gasteiger partial charge on any atom is 0.582 e. The second-order valence-corrected chi connectivity index (χ2v) is 0.341. The van der Waals surface area contributed by atoms with Gasteiger partial charge in [-0.05, 0) is 0 Å². The number of hydrogen-bond acceptors (Lipinski definition) is 3. The fourth-order valence-corrected chi connectivity index (χ4v) is 0. The van der Waals surface area contributed by atoms with Gasteiger partial charge < -0.3 is 0 Å². The van der Waals surface area contributed by atoms with E-state index in [1.54, 1.807) is 0 Å². The molecule has 0 saturated carbocycles. The molecule has 0 unspecified atom stereocenters. The molecule has 0 aliphatic rings. The summed E-state index contributed by atoms with van der Waals surface area (Å²) in [7, 11) is 0. The lowest BCUT2D eigenvalue weighted by Gasteiger charge is -1.70. The van der Waals surface area contributed by atoms with Gasteiger partial charge in [0.2, 0.25) is 0 Å². The van der Waals surface area contributed by atoms with Crippen LogP contribution in [0.15, 0.2) is 0 Å². The van der Waals surface area contributed by atoms with Crippen LogP contribution in [0, 0.1) is 0 Å². The molecular formula is CHO4. The Kier molecular flexibility index (Phi) is 1.30. The average molecular weight is 77.0 g/mol. The van der Waals surface area contributed by atoms with E-state index in [-0.39, 0.29) is 0 Å². The summed E-state index contributed by atoms with van der Waals surface area (Å²) in [5.74, 6) is 0. The molecule has 1 radical (unpaired) electrons. The topological polar surface area (TPSA) is 66.4 Å². The van der Waals surface area contributed by atoms with E-state index in [1.807, 2.05) is 0 Å². The summed E-state index contributed by atoms with van der Waals surface area (Å²) in [4.78, 5) is 11.3. The third-order valence-electron chi connectivity index (χ3n) is 0.0745. The molecule has 0 rings (SSSR count). The second kappa shape index (κ2) is 1.54. The fraction of sp³-hybridized carbons (Fsp3) is 0. The first-order valence-electron chi connectivity index (χ1n) is 0.795. The van der Waals surface area contributed by atoms with Gasteiger partial charge in [-0.3, -0.25) is 4.89 Å². The minimum atomic E-state index is -1.94. The van der Waals surface area contributed by atoms with Crippen LogP contribution in [-0.4, -0.2) is 11.4 Å². The van der Waals surface area contributed by atoms with Crippen molar-refractivity contribution >= 4 is 6.16 Å². The molecule has 4 heteroatoms. The zero-order valence-electron chi connectivity index (χ0n) is 2.17. The molecule has 0 spiro atoms. The lowest BCUT2D eigenvalue weighted by molar-refractivity contribution is -0.200. The highest BCUT2D eigenvalue weighted by atomic mass is 17.1. The van der Waals surface area contributed by atoms with Gasteiger partial charge >= 0.3 is 6.16 Å². The number of carbonyl (C=O) groups is 1. The molecule has 0 aromatic carbocycles. The van der Waals surface area contributed by atoms with Crippen LogP contribution in [0.25, 0.3) is 0 Å². The Labute approximate surface area is 27.5 Å². The molecule has 0 bridgehead atoms. The van der Waals surface area contributed by atoms with E-state index in [9.17, 15) is 0 Å². The van der Waals surface area contributed by atoms with Gasteiger partial charge in [0.1, 0.15) is 0 Å². The van der Waals surface area contributed by atoms with Crippen molar-refractivity contribution in [1.82, 2.24) is 0 Å². The van der Waals surface area contributed by atoms with Gasteiger partial charge in [-0.2, -0.15) is 15.2 Å². The summed E-state index contributed by atoms with van der Waals surface area (Å²) in [5.41, 5.74) is 0. The van der Waals surface area contributed by atoms with Crippen LogP contribution in [0.4, 0.5) is 4.79 Å². The standard InChI is InChI=1S/CHO4/c2-1(3)5-4/h4H. The smallest absolute Gasteiger partial charge is 0.260 e. The van der Waals surface area contributed by atoms with Gasteiger partial charge in [0, 0.05) is 0 Å². The van der Waals surface area contributed by atoms with E-state index in [1.165, 1.54) is 0 Å². The molecule has 29 valence electrons. The monoisotopic (exact) mass is 77.0 g/mol. The van der Waals surface area contributed by atoms with E-state index in [4.69, 9.17) is 15.2 Å². The van der Waals surface area contributed by atoms with E-state index in [2.05, 4.69) is 4.89 Å². The third kappa shape index (κ3) is 3.23. The Morgan fingerprint density at radius 3 is 2.00 bits per heavy atom. The van der Waals surface area contributed by atoms with Crippen molar-refractivity contribution in [3.8, 4) is 0 Å². The summed E-state index contributed by atoms with van der Waals surface area (Å²) >= 11 is 0. The normalized spacial score (nSPS) is 6.60. The lowest BCUT2D eigenvalue weighted by atomic mass is 11.5. The molecule has 0 atom stereocenters. The van der Waals surface area contributed by atoms with Crippen LogP contribution >= 0.6 is 0 Å². The molecule has 5 heavy (non-hydrogen) atoms. The third-order valence-corrected chi connectivity index (χ3v) is 0.0745. The summed E-state index contributed by atoms with van der Waals surface area (Å²) in [6.45, 7) is 0. The highest BCUT2D eigenvalue weighted by molar-refractivity contribution is 5.55. The van der Waals surface area contributed by atoms with Crippen LogP contribution in [-0.2, 0) is 9.99 Å². The molecule has 0 fully saturated rings. The first kappa shape index (κ1) is 4.23. The van der Waals surface area contributed by atoms with Crippen LogP contribution in [0.2, 0.25) is 0 Å². The van der Waals surface area contributed by atoms with Gasteiger partial charge in [-0.1, -0.05) is 0 Å². The highest BCUT2D eigenvalue weighted by Gasteiger charge is 1.90. The lowest BCUT2D eigenvalue weighted by Crippen LogP contribution is -1.89. The van der Waals surface area contributed by atoms with Crippen LogP contribution < -0.4 is 0 Å². The second-order valence-electron chi connectivity index (χ2n) is 0.341. The van der Waals surface area contributed by atoms with E-state index in [0.717, 1.165) is 0 Å². The minimum absolute atomic E-state index is 1.94. The molecule has 0 heterocycles. The Morgan fingerprint density at radius 1 is 1.80 bits per heavy atom. The first-order chi connectivity index (χ1) is 2.27. The molecule has 0 aliphatic heterocycles.